The molecule has 0 aliphatic rings. The second-order valence-corrected chi connectivity index (χ2v) is 7.10. The molecule has 0 radical (unpaired) electrons. The number of halogens is 3. The van der Waals surface area contributed by atoms with Crippen LogP contribution in [0.5, 0.6) is 0 Å². The van der Waals surface area contributed by atoms with Crippen LogP contribution >= 0.6 is 0 Å². The topological polar surface area (TPSA) is 55.7 Å². The molecule has 0 amide bonds. The highest BCUT2D eigenvalue weighted by atomic mass is 32.2. The van der Waals surface area contributed by atoms with Crippen LogP contribution in [-0.2, 0) is 17.3 Å². The summed E-state index contributed by atoms with van der Waals surface area (Å²) in [4.78, 5) is 0. The molecule has 0 aromatic heterocycles. The largest absolute Gasteiger partial charge is 0.591 e. The van der Waals surface area contributed by atoms with E-state index in [9.17, 15) is 17.7 Å². The van der Waals surface area contributed by atoms with Gasteiger partial charge in [0.25, 0.3) is 5.92 Å². The molecule has 1 N–H and O–H groups in total. The average Bonchev–Trinajstić information content (AvgIpc) is 2.35. The van der Waals surface area contributed by atoms with E-state index >= 15 is 0 Å². The number of alkyl halides is 2. The van der Waals surface area contributed by atoms with Crippen molar-refractivity contribution in [1.82, 2.24) is 0 Å². The van der Waals surface area contributed by atoms with E-state index in [0.717, 1.165) is 12.3 Å². The van der Waals surface area contributed by atoms with Crippen LogP contribution in [0.2, 0.25) is 0 Å². The van der Waals surface area contributed by atoms with Crippen molar-refractivity contribution in [2.45, 2.75) is 31.4 Å². The molecule has 20 heavy (non-hydrogen) atoms. The fourth-order valence-electron chi connectivity index (χ4n) is 1.28. The second kappa shape index (κ2) is 6.15. The first-order chi connectivity index (χ1) is 9.09. The zero-order valence-electron chi connectivity index (χ0n) is 11.4. The van der Waals surface area contributed by atoms with Gasteiger partial charge in [0.1, 0.15) is 28.5 Å². The van der Waals surface area contributed by atoms with E-state index in [-0.39, 0.29) is 5.56 Å². The Morgan fingerprint density at radius 1 is 1.35 bits per heavy atom. The van der Waals surface area contributed by atoms with Crippen LogP contribution in [0.15, 0.2) is 22.6 Å². The maximum Gasteiger partial charge on any atom is 0.298 e. The minimum atomic E-state index is -3.67. The maximum atomic E-state index is 13.9. The highest BCUT2D eigenvalue weighted by molar-refractivity contribution is 7.91. The van der Waals surface area contributed by atoms with Gasteiger partial charge in [-0.2, -0.15) is 8.78 Å². The Hall–Kier alpha value is -1.05. The summed E-state index contributed by atoms with van der Waals surface area (Å²) in [6, 6.07) is 3.36. The number of hydrogen-bond donors (Lipinski definition) is 1. The molecule has 0 spiro atoms. The first-order valence-electron chi connectivity index (χ1n) is 5.83. The fourth-order valence-corrected chi connectivity index (χ4v) is 1.81. The second-order valence-electron chi connectivity index (χ2n) is 5.17. The van der Waals surface area contributed by atoms with Crippen LogP contribution in [0.25, 0.3) is 0 Å². The van der Waals surface area contributed by atoms with E-state index in [1.165, 1.54) is 12.1 Å². The van der Waals surface area contributed by atoms with E-state index in [4.69, 9.17) is 5.11 Å². The summed E-state index contributed by atoms with van der Waals surface area (Å²) in [7, 11) is 0. The molecule has 1 aromatic carbocycles. The van der Waals surface area contributed by atoms with Crippen molar-refractivity contribution in [3.8, 4) is 0 Å². The molecule has 112 valence electrons. The third kappa shape index (κ3) is 3.97. The molecule has 0 fully saturated rings. The van der Waals surface area contributed by atoms with Gasteiger partial charge < -0.3 is 9.66 Å². The van der Waals surface area contributed by atoms with E-state index in [0.29, 0.717) is 0 Å². The van der Waals surface area contributed by atoms with Crippen molar-refractivity contribution in [2.75, 3.05) is 6.61 Å². The fraction of sp³-hybridized carbons (Fsp3) is 0.462. The lowest BCUT2D eigenvalue weighted by Gasteiger charge is -2.18. The Morgan fingerprint density at radius 3 is 2.45 bits per heavy atom. The predicted molar refractivity (Wildman–Crippen MR) is 72.9 cm³/mol. The first kappa shape index (κ1) is 17.0. The normalized spacial score (nSPS) is 14.8. The Morgan fingerprint density at radius 2 is 1.95 bits per heavy atom. The van der Waals surface area contributed by atoms with Crippen molar-refractivity contribution in [3.63, 3.8) is 0 Å². The Labute approximate surface area is 118 Å². The SMILES string of the molecule is CC(C)(C)[S@+]([O-])/N=C\c1cccc(C(F)(F)CO)c1F. The Bertz CT molecular complexity index is 501. The van der Waals surface area contributed by atoms with Crippen LogP contribution in [-0.4, -0.2) is 27.2 Å². The van der Waals surface area contributed by atoms with Crippen LogP contribution in [0, 0.1) is 5.82 Å². The third-order valence-corrected chi connectivity index (χ3v) is 3.78. The molecule has 3 nitrogen and oxygen atoms in total. The molecule has 0 aliphatic carbocycles. The van der Waals surface area contributed by atoms with Gasteiger partial charge in [-0.3, -0.25) is 0 Å². The Kier molecular flexibility index (Phi) is 5.23. The molecule has 0 heterocycles. The van der Waals surface area contributed by atoms with Crippen LogP contribution in [0.4, 0.5) is 13.2 Å². The van der Waals surface area contributed by atoms with Crippen molar-refractivity contribution in [1.29, 1.82) is 0 Å². The summed E-state index contributed by atoms with van der Waals surface area (Å²) in [6.07, 6.45) is 0.966. The maximum absolute atomic E-state index is 13.9. The van der Waals surface area contributed by atoms with Crippen molar-refractivity contribution < 1.29 is 22.8 Å². The number of aliphatic hydroxyl groups excluding tert-OH is 1. The molecule has 0 saturated heterocycles. The molecule has 0 saturated carbocycles. The molecule has 0 aliphatic heterocycles. The summed E-state index contributed by atoms with van der Waals surface area (Å²) in [5, 5.41) is 8.59. The number of benzene rings is 1. The zero-order chi connectivity index (χ0) is 15.6. The van der Waals surface area contributed by atoms with Crippen molar-refractivity contribution >= 4 is 17.6 Å². The minimum absolute atomic E-state index is 0.201. The van der Waals surface area contributed by atoms with Gasteiger partial charge in [-0.15, -0.1) is 0 Å². The van der Waals surface area contributed by atoms with E-state index < -0.39 is 40.0 Å². The molecule has 1 rings (SSSR count). The van der Waals surface area contributed by atoms with Gasteiger partial charge >= 0.3 is 0 Å². The summed E-state index contributed by atoms with van der Waals surface area (Å²) < 4.78 is 55.3. The predicted octanol–water partition coefficient (Wildman–Crippen LogP) is 2.79. The van der Waals surface area contributed by atoms with Gasteiger partial charge in [0.2, 0.25) is 0 Å². The summed E-state index contributed by atoms with van der Waals surface area (Å²) in [5.41, 5.74) is -1.11. The van der Waals surface area contributed by atoms with Crippen molar-refractivity contribution in [3.05, 3.63) is 35.1 Å². The number of aliphatic hydroxyl groups is 1. The molecule has 7 heteroatoms. The minimum Gasteiger partial charge on any atom is -0.591 e. The molecular weight excluding hydrogens is 291 g/mol. The molecule has 0 bridgehead atoms. The van der Waals surface area contributed by atoms with E-state index in [1.807, 2.05) is 0 Å². The van der Waals surface area contributed by atoms with Gasteiger partial charge in [-0.1, -0.05) is 16.5 Å². The lowest BCUT2D eigenvalue weighted by molar-refractivity contribution is -0.0582. The highest BCUT2D eigenvalue weighted by Crippen LogP contribution is 2.30. The quantitative estimate of drug-likeness (QED) is 0.687. The average molecular weight is 307 g/mol. The standard InChI is InChI=1S/C13H16F3NO2S/c1-12(2,3)20(19)17-7-9-5-4-6-10(11(9)14)13(15,16)8-18/h4-7,18H,8H2,1-3H3/b17-7-/t20-/m0/s1. The van der Waals surface area contributed by atoms with Crippen LogP contribution in [0.1, 0.15) is 31.9 Å². The lowest BCUT2D eigenvalue weighted by atomic mass is 10.1. The van der Waals surface area contributed by atoms with Crippen LogP contribution < -0.4 is 0 Å². The number of nitrogens with zero attached hydrogens (tertiary/aromatic N) is 1. The Balaban J connectivity index is 3.11. The number of hydrogen-bond acceptors (Lipinski definition) is 3. The monoisotopic (exact) mass is 307 g/mol. The highest BCUT2D eigenvalue weighted by Gasteiger charge is 2.34. The van der Waals surface area contributed by atoms with Crippen LogP contribution in [0.3, 0.4) is 0 Å². The van der Waals surface area contributed by atoms with E-state index in [1.54, 1.807) is 20.8 Å². The third-order valence-electron chi connectivity index (χ3n) is 2.43. The molecular formula is C13H16F3NO2S. The van der Waals surface area contributed by atoms with Gasteiger partial charge in [-0.25, -0.2) is 4.39 Å². The molecule has 1 aromatic rings. The van der Waals surface area contributed by atoms with Gasteiger partial charge in [0.15, 0.2) is 0 Å². The van der Waals surface area contributed by atoms with Gasteiger partial charge in [0.05, 0.1) is 11.8 Å². The summed E-state index contributed by atoms with van der Waals surface area (Å²) in [6.45, 7) is 3.58. The van der Waals surface area contributed by atoms with Gasteiger partial charge in [0, 0.05) is 5.56 Å². The lowest BCUT2D eigenvalue weighted by Crippen LogP contribution is -2.26. The van der Waals surface area contributed by atoms with E-state index in [2.05, 4.69) is 4.40 Å². The molecule has 1 atom stereocenters. The van der Waals surface area contributed by atoms with Crippen molar-refractivity contribution in [2.24, 2.45) is 4.40 Å². The summed E-state index contributed by atoms with van der Waals surface area (Å²) >= 11 is -1.61. The smallest absolute Gasteiger partial charge is 0.298 e. The van der Waals surface area contributed by atoms with Gasteiger partial charge in [-0.05, 0) is 26.8 Å². The zero-order valence-corrected chi connectivity index (χ0v) is 12.2. The summed E-state index contributed by atoms with van der Waals surface area (Å²) in [5.74, 6) is -4.85. The first-order valence-corrected chi connectivity index (χ1v) is 6.94. The number of rotatable bonds is 4. The molecule has 0 unspecified atom stereocenters.